The van der Waals surface area contributed by atoms with E-state index in [0.29, 0.717) is 21.8 Å². The molecule has 0 aliphatic carbocycles. The first-order chi connectivity index (χ1) is 14.2. The molecule has 0 radical (unpaired) electrons. The van der Waals surface area contributed by atoms with Crippen molar-refractivity contribution in [3.63, 3.8) is 0 Å². The van der Waals surface area contributed by atoms with Crippen LogP contribution in [0.3, 0.4) is 0 Å². The number of benzene rings is 2. The summed E-state index contributed by atoms with van der Waals surface area (Å²) in [5, 5.41) is 3.14. The zero-order chi connectivity index (χ0) is 21.5. The number of nitrogens with zero attached hydrogens (tertiary/aromatic N) is 3. The predicted molar refractivity (Wildman–Crippen MR) is 111 cm³/mol. The Morgan fingerprint density at radius 1 is 1.13 bits per heavy atom. The number of nitrogens with one attached hydrogen (secondary N) is 1. The third-order valence-corrected chi connectivity index (χ3v) is 5.48. The van der Waals surface area contributed by atoms with Crippen molar-refractivity contribution in [1.29, 1.82) is 0 Å². The van der Waals surface area contributed by atoms with Crippen LogP contribution in [0.2, 0.25) is 5.02 Å². The maximum atomic E-state index is 13.4. The van der Waals surface area contributed by atoms with E-state index in [1.54, 1.807) is 24.3 Å². The Kier molecular flexibility index (Phi) is 5.00. The molecular weight excluding hydrogens is 431 g/mol. The smallest absolute Gasteiger partial charge is 0.272 e. The predicted octanol–water partition coefficient (Wildman–Crippen LogP) is 3.87. The molecule has 2 heterocycles. The molecule has 30 heavy (non-hydrogen) atoms. The largest absolute Gasteiger partial charge is 0.319 e. The van der Waals surface area contributed by atoms with Crippen molar-refractivity contribution in [3.8, 4) is 5.69 Å². The molecule has 4 rings (SSSR count). The lowest BCUT2D eigenvalue weighted by Gasteiger charge is -2.11. The SMILES string of the molecule is CS(=O)(=O)c1ncc2cc(C(=O)Nc3ccccc3Cl)n(-c3ccc(F)cc3)c2n1. The molecule has 0 aliphatic rings. The molecule has 10 heteroatoms. The molecule has 4 aromatic rings. The minimum atomic E-state index is -3.68. The highest BCUT2D eigenvalue weighted by Crippen LogP contribution is 2.26. The fourth-order valence-electron chi connectivity index (χ4n) is 2.92. The van der Waals surface area contributed by atoms with Gasteiger partial charge in [-0.1, -0.05) is 23.7 Å². The number of amides is 1. The average molecular weight is 445 g/mol. The summed E-state index contributed by atoms with van der Waals surface area (Å²) >= 11 is 6.13. The third-order valence-electron chi connectivity index (χ3n) is 4.29. The lowest BCUT2D eigenvalue weighted by molar-refractivity contribution is 0.102. The Hall–Kier alpha value is -3.30. The molecule has 0 spiro atoms. The standard InChI is InChI=1S/C20H14ClFN4O3S/c1-30(28,29)20-23-11-12-10-17(19(27)24-16-5-3-2-4-15(16)21)26(18(12)25-20)14-8-6-13(22)7-9-14/h2-11H,1H3,(H,24,27). The van der Waals surface area contributed by atoms with Gasteiger partial charge in [0.1, 0.15) is 17.2 Å². The van der Waals surface area contributed by atoms with Crippen LogP contribution in [0.5, 0.6) is 0 Å². The molecule has 1 amide bonds. The summed E-state index contributed by atoms with van der Waals surface area (Å²) in [5.74, 6) is -0.963. The molecule has 0 atom stereocenters. The van der Waals surface area contributed by atoms with E-state index in [1.807, 2.05) is 0 Å². The Morgan fingerprint density at radius 3 is 2.50 bits per heavy atom. The highest BCUT2D eigenvalue weighted by Gasteiger charge is 2.21. The minimum Gasteiger partial charge on any atom is -0.319 e. The maximum Gasteiger partial charge on any atom is 0.272 e. The number of rotatable bonds is 4. The molecule has 1 N–H and O–H groups in total. The highest BCUT2D eigenvalue weighted by atomic mass is 35.5. The number of halogens is 2. The lowest BCUT2D eigenvalue weighted by atomic mass is 10.2. The van der Waals surface area contributed by atoms with Crippen LogP contribution in [0, 0.1) is 5.82 Å². The van der Waals surface area contributed by atoms with Crippen LogP contribution >= 0.6 is 11.6 Å². The quantitative estimate of drug-likeness (QED) is 0.482. The summed E-state index contributed by atoms with van der Waals surface area (Å²) in [5.41, 5.74) is 1.18. The van der Waals surface area contributed by atoms with E-state index >= 15 is 0 Å². The molecule has 0 unspecified atom stereocenters. The van der Waals surface area contributed by atoms with E-state index in [-0.39, 0.29) is 16.5 Å². The van der Waals surface area contributed by atoms with Gasteiger partial charge in [0.25, 0.3) is 5.91 Å². The van der Waals surface area contributed by atoms with Gasteiger partial charge in [-0.3, -0.25) is 9.36 Å². The lowest BCUT2D eigenvalue weighted by Crippen LogP contribution is -2.17. The van der Waals surface area contributed by atoms with Gasteiger partial charge in [-0.05, 0) is 42.5 Å². The van der Waals surface area contributed by atoms with E-state index in [4.69, 9.17) is 11.6 Å². The van der Waals surface area contributed by atoms with Crippen molar-refractivity contribution < 1.29 is 17.6 Å². The van der Waals surface area contributed by atoms with Crippen molar-refractivity contribution in [1.82, 2.24) is 14.5 Å². The Bertz CT molecular complexity index is 1390. The fourth-order valence-corrected chi connectivity index (χ4v) is 3.60. The van der Waals surface area contributed by atoms with E-state index in [2.05, 4.69) is 15.3 Å². The van der Waals surface area contributed by atoms with Crippen LogP contribution in [0.4, 0.5) is 10.1 Å². The van der Waals surface area contributed by atoms with Crippen LogP contribution in [0.15, 0.2) is 66.0 Å². The molecule has 7 nitrogen and oxygen atoms in total. The van der Waals surface area contributed by atoms with Crippen LogP contribution in [0.1, 0.15) is 10.5 Å². The first-order valence-corrected chi connectivity index (χ1v) is 10.9. The number of carbonyl (C=O) groups is 1. The summed E-state index contributed by atoms with van der Waals surface area (Å²) in [7, 11) is -3.68. The number of aromatic nitrogens is 3. The molecule has 0 fully saturated rings. The second kappa shape index (κ2) is 7.51. The van der Waals surface area contributed by atoms with Gasteiger partial charge in [0.05, 0.1) is 10.7 Å². The second-order valence-corrected chi connectivity index (χ2v) is 8.80. The third kappa shape index (κ3) is 3.77. The number of hydrogen-bond donors (Lipinski definition) is 1. The van der Waals surface area contributed by atoms with Gasteiger partial charge in [0, 0.05) is 23.5 Å². The number of hydrogen-bond acceptors (Lipinski definition) is 5. The number of fused-ring (bicyclic) bond motifs is 1. The number of para-hydroxylation sites is 1. The second-order valence-electron chi connectivity index (χ2n) is 6.48. The normalized spacial score (nSPS) is 11.6. The summed E-state index contributed by atoms with van der Waals surface area (Å²) < 4.78 is 38.7. The molecular formula is C20H14ClFN4O3S. The molecule has 2 aromatic carbocycles. The topological polar surface area (TPSA) is 94.0 Å². The van der Waals surface area contributed by atoms with Crippen molar-refractivity contribution in [2.24, 2.45) is 0 Å². The Labute approximate surface area is 176 Å². The Morgan fingerprint density at radius 2 is 1.83 bits per heavy atom. The molecule has 0 aliphatic heterocycles. The number of sulfone groups is 1. The van der Waals surface area contributed by atoms with Crippen molar-refractivity contribution in [3.05, 3.63) is 77.3 Å². The van der Waals surface area contributed by atoms with E-state index in [1.165, 1.54) is 41.1 Å². The van der Waals surface area contributed by atoms with Crippen molar-refractivity contribution in [2.45, 2.75) is 5.16 Å². The average Bonchev–Trinajstić information content (AvgIpc) is 3.08. The summed E-state index contributed by atoms with van der Waals surface area (Å²) in [6, 6.07) is 13.6. The number of anilines is 1. The zero-order valence-electron chi connectivity index (χ0n) is 15.5. The van der Waals surface area contributed by atoms with E-state index in [0.717, 1.165) is 6.26 Å². The van der Waals surface area contributed by atoms with Gasteiger partial charge in [0.15, 0.2) is 0 Å². The summed E-state index contributed by atoms with van der Waals surface area (Å²) in [6.45, 7) is 0. The van der Waals surface area contributed by atoms with Gasteiger partial charge in [0.2, 0.25) is 15.0 Å². The first kappa shape index (κ1) is 20.0. The van der Waals surface area contributed by atoms with Crippen molar-refractivity contribution in [2.75, 3.05) is 11.6 Å². The summed E-state index contributed by atoms with van der Waals surface area (Å²) in [4.78, 5) is 21.1. The molecule has 0 saturated heterocycles. The zero-order valence-corrected chi connectivity index (χ0v) is 17.1. The van der Waals surface area contributed by atoms with Crippen LogP contribution in [-0.4, -0.2) is 35.1 Å². The molecule has 0 saturated carbocycles. The molecule has 152 valence electrons. The molecule has 0 bridgehead atoms. The van der Waals surface area contributed by atoms with Gasteiger partial charge >= 0.3 is 0 Å². The number of carbonyl (C=O) groups excluding carboxylic acids is 1. The highest BCUT2D eigenvalue weighted by molar-refractivity contribution is 7.90. The molecule has 2 aromatic heterocycles. The van der Waals surface area contributed by atoms with E-state index < -0.39 is 21.6 Å². The monoisotopic (exact) mass is 444 g/mol. The van der Waals surface area contributed by atoms with Gasteiger partial charge in [-0.2, -0.15) is 4.98 Å². The maximum absolute atomic E-state index is 13.4. The van der Waals surface area contributed by atoms with Crippen LogP contribution in [-0.2, 0) is 9.84 Å². The van der Waals surface area contributed by atoms with Crippen LogP contribution in [0.25, 0.3) is 16.7 Å². The van der Waals surface area contributed by atoms with Gasteiger partial charge in [-0.25, -0.2) is 17.8 Å². The Balaban J connectivity index is 1.92. The van der Waals surface area contributed by atoms with E-state index in [9.17, 15) is 17.6 Å². The van der Waals surface area contributed by atoms with Gasteiger partial charge < -0.3 is 5.32 Å². The van der Waals surface area contributed by atoms with Gasteiger partial charge in [-0.15, -0.1) is 0 Å². The fraction of sp³-hybridized carbons (Fsp3) is 0.0500. The summed E-state index contributed by atoms with van der Waals surface area (Å²) in [6.07, 6.45) is 2.31. The van der Waals surface area contributed by atoms with Crippen LogP contribution < -0.4 is 5.32 Å². The minimum absolute atomic E-state index is 0.150. The first-order valence-electron chi connectivity index (χ1n) is 8.64. The van der Waals surface area contributed by atoms with Crippen molar-refractivity contribution >= 4 is 44.1 Å².